The van der Waals surface area contributed by atoms with Crippen molar-refractivity contribution in [2.45, 2.75) is 31.8 Å². The van der Waals surface area contributed by atoms with Crippen LogP contribution in [0.2, 0.25) is 0 Å². The van der Waals surface area contributed by atoms with E-state index in [1.165, 1.54) is 24.6 Å². The number of carbonyl (C=O) groups excluding carboxylic acids is 1. The summed E-state index contributed by atoms with van der Waals surface area (Å²) >= 11 is 0. The molecule has 0 radical (unpaired) electrons. The zero-order valence-electron chi connectivity index (χ0n) is 16.5. The van der Waals surface area contributed by atoms with Crippen LogP contribution in [0.1, 0.15) is 35.4 Å². The Hall–Kier alpha value is -3.06. The molecule has 3 aromatic rings. The van der Waals surface area contributed by atoms with E-state index in [0.717, 1.165) is 22.5 Å². The zero-order chi connectivity index (χ0) is 20.2. The first-order chi connectivity index (χ1) is 13.9. The maximum atomic E-state index is 14.1. The summed E-state index contributed by atoms with van der Waals surface area (Å²) in [6, 6.07) is 7.89. The molecule has 1 N–H and O–H groups in total. The maximum Gasteiger partial charge on any atom is 0.421 e. The Morgan fingerprint density at radius 3 is 2.76 bits per heavy atom. The number of amides is 2. The predicted molar refractivity (Wildman–Crippen MR) is 107 cm³/mol. The lowest BCUT2D eigenvalue weighted by molar-refractivity contribution is -0.847. The van der Waals surface area contributed by atoms with Gasteiger partial charge in [0.05, 0.1) is 24.5 Å². The van der Waals surface area contributed by atoms with Crippen LogP contribution in [-0.2, 0) is 20.1 Å². The molecule has 1 fully saturated rings. The quantitative estimate of drug-likeness (QED) is 0.680. The van der Waals surface area contributed by atoms with Gasteiger partial charge >= 0.3 is 6.03 Å². The summed E-state index contributed by atoms with van der Waals surface area (Å²) in [7, 11) is 3.73. The minimum atomic E-state index is -0.344. The van der Waals surface area contributed by atoms with Crippen LogP contribution in [0.5, 0.6) is 0 Å². The number of halogens is 1. The molecule has 2 aliphatic rings. The zero-order valence-corrected chi connectivity index (χ0v) is 16.5. The van der Waals surface area contributed by atoms with Crippen LogP contribution in [0, 0.1) is 5.82 Å². The summed E-state index contributed by atoms with van der Waals surface area (Å²) in [6.07, 6.45) is 7.17. The minimum absolute atomic E-state index is 0.0707. The molecule has 29 heavy (non-hydrogen) atoms. The number of nitrogens with one attached hydrogen (secondary N) is 1. The topological polar surface area (TPSA) is 59.8 Å². The van der Waals surface area contributed by atoms with Crippen molar-refractivity contribution in [3.63, 3.8) is 0 Å². The number of hydrogen-bond donors (Lipinski definition) is 1. The van der Waals surface area contributed by atoms with Gasteiger partial charge < -0.3 is 0 Å². The van der Waals surface area contributed by atoms with Crippen molar-refractivity contribution >= 4 is 11.7 Å². The lowest BCUT2D eigenvalue weighted by atomic mass is 10.00. The van der Waals surface area contributed by atoms with Gasteiger partial charge in [-0.2, -0.15) is 5.10 Å². The molecular weight excluding hydrogens is 369 g/mol. The third-order valence-corrected chi connectivity index (χ3v) is 5.92. The number of nitrogens with zero attached hydrogens (tertiary/aromatic N) is 4. The van der Waals surface area contributed by atoms with Crippen molar-refractivity contribution in [3.8, 4) is 11.3 Å². The Morgan fingerprint density at radius 1 is 1.24 bits per heavy atom. The number of anilines is 1. The second-order valence-electron chi connectivity index (χ2n) is 8.35. The summed E-state index contributed by atoms with van der Waals surface area (Å²) in [4.78, 5) is 17.0. The molecule has 1 atom stereocenters. The van der Waals surface area contributed by atoms with Crippen molar-refractivity contribution in [2.24, 2.45) is 7.05 Å². The Balaban J connectivity index is 1.42. The molecule has 0 bridgehead atoms. The molecule has 0 saturated heterocycles. The van der Waals surface area contributed by atoms with E-state index in [4.69, 9.17) is 0 Å². The van der Waals surface area contributed by atoms with E-state index in [1.807, 2.05) is 38.5 Å². The first kappa shape index (κ1) is 18.0. The van der Waals surface area contributed by atoms with Crippen molar-refractivity contribution in [1.29, 1.82) is 0 Å². The number of pyridine rings is 1. The van der Waals surface area contributed by atoms with Crippen LogP contribution in [0.3, 0.4) is 0 Å². The van der Waals surface area contributed by atoms with Crippen molar-refractivity contribution in [2.75, 3.05) is 12.4 Å². The molecule has 5 rings (SSSR count). The van der Waals surface area contributed by atoms with Gasteiger partial charge in [0, 0.05) is 36.3 Å². The van der Waals surface area contributed by atoms with Crippen LogP contribution < -0.4 is 5.32 Å². The van der Waals surface area contributed by atoms with Crippen molar-refractivity contribution in [3.05, 3.63) is 65.4 Å². The minimum Gasteiger partial charge on any atom is -0.275 e. The number of carbonyl (C=O) groups is 1. The van der Waals surface area contributed by atoms with E-state index in [1.54, 1.807) is 10.9 Å². The standard InChI is InChI=1S/C22H22FN5O/c1-27-8-7-21(26-27)18-9-16(5-6-17(18)14-3-4-14)25-22(29)28(2)12-15-10-24-11-20(23)19(15)13-28/h5-11,14H,3-4,12-13H2,1-2H3/p+1. The SMILES string of the molecule is Cn1ccc(-c2cc(NC(=O)[N+]3(C)Cc4cncc(F)c4C3)ccc2C2CC2)n1. The number of aryl methyl sites for hydroxylation is 1. The van der Waals surface area contributed by atoms with E-state index >= 15 is 0 Å². The number of quaternary nitrogens is 1. The normalized spacial score (nSPS) is 20.5. The number of fused-ring (bicyclic) bond motifs is 1. The number of urea groups is 1. The third kappa shape index (κ3) is 3.21. The molecule has 2 aromatic heterocycles. The van der Waals surface area contributed by atoms with Crippen LogP contribution in [0.15, 0.2) is 42.9 Å². The van der Waals surface area contributed by atoms with Gasteiger partial charge in [-0.05, 0) is 42.5 Å². The maximum absolute atomic E-state index is 14.1. The van der Waals surface area contributed by atoms with E-state index in [9.17, 15) is 9.18 Å². The summed E-state index contributed by atoms with van der Waals surface area (Å²) in [5.41, 5.74) is 5.36. The van der Waals surface area contributed by atoms with Gasteiger partial charge in [0.1, 0.15) is 13.1 Å². The molecule has 1 aliphatic carbocycles. The largest absolute Gasteiger partial charge is 0.421 e. The van der Waals surface area contributed by atoms with E-state index in [0.29, 0.717) is 24.6 Å². The van der Waals surface area contributed by atoms with Crippen LogP contribution >= 0.6 is 0 Å². The first-order valence-corrected chi connectivity index (χ1v) is 9.84. The summed E-state index contributed by atoms with van der Waals surface area (Å²) in [5.74, 6) is 0.230. The molecule has 6 nitrogen and oxygen atoms in total. The van der Waals surface area contributed by atoms with Crippen molar-refractivity contribution in [1.82, 2.24) is 14.8 Å². The highest BCUT2D eigenvalue weighted by Crippen LogP contribution is 2.45. The van der Waals surface area contributed by atoms with Crippen LogP contribution in [-0.4, -0.2) is 32.3 Å². The average Bonchev–Trinajstić information content (AvgIpc) is 3.34. The van der Waals surface area contributed by atoms with E-state index < -0.39 is 0 Å². The lowest BCUT2D eigenvalue weighted by Crippen LogP contribution is -2.47. The van der Waals surface area contributed by atoms with Crippen LogP contribution in [0.4, 0.5) is 14.9 Å². The highest BCUT2D eigenvalue weighted by Gasteiger charge is 2.41. The molecule has 1 aromatic carbocycles. The molecule has 0 spiro atoms. The number of hydrogen-bond acceptors (Lipinski definition) is 3. The number of benzene rings is 1. The molecule has 148 valence electrons. The smallest absolute Gasteiger partial charge is 0.275 e. The van der Waals surface area contributed by atoms with Crippen molar-refractivity contribution < 1.29 is 13.7 Å². The molecule has 1 saturated carbocycles. The average molecular weight is 392 g/mol. The second-order valence-corrected chi connectivity index (χ2v) is 8.35. The van der Waals surface area contributed by atoms with Gasteiger partial charge in [0.25, 0.3) is 0 Å². The molecule has 1 aliphatic heterocycles. The van der Waals surface area contributed by atoms with Gasteiger partial charge in [0.2, 0.25) is 0 Å². The lowest BCUT2D eigenvalue weighted by Gasteiger charge is -2.26. The highest BCUT2D eigenvalue weighted by atomic mass is 19.1. The van der Waals surface area contributed by atoms with Gasteiger partial charge in [-0.25, -0.2) is 13.7 Å². The van der Waals surface area contributed by atoms with Gasteiger partial charge in [-0.1, -0.05) is 6.07 Å². The Labute approximate surface area is 168 Å². The Bertz CT molecular complexity index is 1120. The molecule has 3 heterocycles. The molecule has 1 unspecified atom stereocenters. The summed E-state index contributed by atoms with van der Waals surface area (Å²) in [5, 5.41) is 7.59. The van der Waals surface area contributed by atoms with E-state index in [2.05, 4.69) is 21.5 Å². The highest BCUT2D eigenvalue weighted by molar-refractivity contribution is 5.86. The number of aromatic nitrogens is 3. The fraction of sp³-hybridized carbons (Fsp3) is 0.318. The van der Waals surface area contributed by atoms with Gasteiger partial charge in [0.15, 0.2) is 5.82 Å². The molecule has 7 heteroatoms. The van der Waals surface area contributed by atoms with E-state index in [-0.39, 0.29) is 16.3 Å². The summed E-state index contributed by atoms with van der Waals surface area (Å²) in [6.45, 7) is 0.752. The monoisotopic (exact) mass is 392 g/mol. The molecule has 2 amide bonds. The number of rotatable bonds is 3. The Kier molecular flexibility index (Phi) is 4.03. The van der Waals surface area contributed by atoms with Gasteiger partial charge in [-0.3, -0.25) is 15.0 Å². The first-order valence-electron chi connectivity index (χ1n) is 9.84. The fourth-order valence-corrected chi connectivity index (χ4v) is 4.16. The third-order valence-electron chi connectivity index (χ3n) is 5.92. The Morgan fingerprint density at radius 2 is 2.07 bits per heavy atom. The van der Waals surface area contributed by atoms with Gasteiger partial charge in [-0.15, -0.1) is 0 Å². The molecular formula is C22H23FN5O+. The van der Waals surface area contributed by atoms with Crippen LogP contribution in [0.25, 0.3) is 11.3 Å². The summed E-state index contributed by atoms with van der Waals surface area (Å²) < 4.78 is 15.9. The predicted octanol–water partition coefficient (Wildman–Crippen LogP) is 4.19. The fourth-order valence-electron chi connectivity index (χ4n) is 4.16. The second kappa shape index (κ2) is 6.49.